The summed E-state index contributed by atoms with van der Waals surface area (Å²) in [5, 5.41) is 0. The normalized spacial score (nSPS) is 15.2. The molecule has 1 aliphatic rings. The Morgan fingerprint density at radius 2 is 1.81 bits per heavy atom. The van der Waals surface area contributed by atoms with Crippen molar-refractivity contribution in [2.45, 2.75) is 6.92 Å². The van der Waals surface area contributed by atoms with Crippen LogP contribution in [0.3, 0.4) is 0 Å². The highest BCUT2D eigenvalue weighted by Gasteiger charge is 2.21. The number of ether oxygens (including phenoxy) is 2. The van der Waals surface area contributed by atoms with Gasteiger partial charge in [-0.25, -0.2) is 4.79 Å². The molecule has 0 aromatic heterocycles. The molecule has 0 aliphatic carbocycles. The van der Waals surface area contributed by atoms with Crippen molar-refractivity contribution in [1.82, 2.24) is 9.80 Å². The van der Waals surface area contributed by atoms with E-state index in [2.05, 4.69) is 4.90 Å². The Morgan fingerprint density at radius 3 is 2.43 bits per heavy atom. The molecule has 118 valence electrons. The summed E-state index contributed by atoms with van der Waals surface area (Å²) >= 11 is 0. The molecule has 21 heavy (non-hydrogen) atoms. The lowest BCUT2D eigenvalue weighted by Gasteiger charge is -2.33. The van der Waals surface area contributed by atoms with Gasteiger partial charge < -0.3 is 14.4 Å². The second-order valence-electron chi connectivity index (χ2n) is 4.69. The van der Waals surface area contributed by atoms with E-state index in [1.807, 2.05) is 37.3 Å². The van der Waals surface area contributed by atoms with Crippen LogP contribution in [0.2, 0.25) is 0 Å². The fourth-order valence-corrected chi connectivity index (χ4v) is 2.18. The smallest absolute Gasteiger partial charge is 0.409 e. The Labute approximate surface area is 132 Å². The van der Waals surface area contributed by atoms with Crippen molar-refractivity contribution < 1.29 is 14.3 Å². The van der Waals surface area contributed by atoms with Crippen molar-refractivity contribution in [2.75, 3.05) is 45.9 Å². The van der Waals surface area contributed by atoms with Crippen LogP contribution in [0.4, 0.5) is 4.79 Å². The van der Waals surface area contributed by atoms with E-state index in [4.69, 9.17) is 9.47 Å². The summed E-state index contributed by atoms with van der Waals surface area (Å²) in [6, 6.07) is 9.82. The van der Waals surface area contributed by atoms with Gasteiger partial charge in [0, 0.05) is 32.7 Å². The number of amides is 1. The van der Waals surface area contributed by atoms with Crippen LogP contribution in [0.25, 0.3) is 0 Å². The Hall–Kier alpha value is -1.46. The van der Waals surface area contributed by atoms with Crippen LogP contribution in [0, 0.1) is 0 Å². The van der Waals surface area contributed by atoms with E-state index in [-0.39, 0.29) is 18.5 Å². The second kappa shape index (κ2) is 9.47. The zero-order valence-corrected chi connectivity index (χ0v) is 13.2. The number of piperazine rings is 1. The molecular weight excluding hydrogens is 292 g/mol. The molecule has 0 spiro atoms. The molecule has 1 saturated heterocycles. The molecule has 1 heterocycles. The Bertz CT molecular complexity index is 409. The quantitative estimate of drug-likeness (QED) is 0.836. The maximum Gasteiger partial charge on any atom is 0.409 e. The van der Waals surface area contributed by atoms with Crippen LogP contribution in [0.5, 0.6) is 5.75 Å². The number of hydrogen-bond donors (Lipinski definition) is 0. The lowest BCUT2D eigenvalue weighted by atomic mass is 10.3. The second-order valence-corrected chi connectivity index (χ2v) is 4.69. The lowest BCUT2D eigenvalue weighted by molar-refractivity contribution is 0.0757. The molecule has 1 aromatic carbocycles. The van der Waals surface area contributed by atoms with Crippen molar-refractivity contribution in [3.05, 3.63) is 30.3 Å². The number of carbonyl (C=O) groups excluding carboxylic acids is 1. The topological polar surface area (TPSA) is 42.0 Å². The van der Waals surface area contributed by atoms with Crippen LogP contribution in [0.15, 0.2) is 30.3 Å². The van der Waals surface area contributed by atoms with E-state index in [9.17, 15) is 4.79 Å². The third kappa shape index (κ3) is 5.81. The summed E-state index contributed by atoms with van der Waals surface area (Å²) in [4.78, 5) is 15.6. The molecule has 0 radical (unpaired) electrons. The average molecular weight is 315 g/mol. The lowest BCUT2D eigenvalue weighted by Crippen LogP contribution is -2.49. The molecular formula is C15H23ClN2O3. The highest BCUT2D eigenvalue weighted by molar-refractivity contribution is 5.85. The number of hydrogen-bond acceptors (Lipinski definition) is 4. The summed E-state index contributed by atoms with van der Waals surface area (Å²) in [6.07, 6.45) is -0.201. The number of halogens is 1. The van der Waals surface area contributed by atoms with E-state index in [1.165, 1.54) is 0 Å². The number of rotatable bonds is 5. The van der Waals surface area contributed by atoms with Crippen LogP contribution in [-0.4, -0.2) is 61.8 Å². The molecule has 1 fully saturated rings. The van der Waals surface area contributed by atoms with Gasteiger partial charge in [-0.05, 0) is 19.1 Å². The van der Waals surface area contributed by atoms with Crippen molar-refractivity contribution in [3.8, 4) is 5.75 Å². The van der Waals surface area contributed by atoms with E-state index < -0.39 is 0 Å². The largest absolute Gasteiger partial charge is 0.492 e. The summed E-state index contributed by atoms with van der Waals surface area (Å²) in [6.45, 7) is 7.01. The van der Waals surface area contributed by atoms with Gasteiger partial charge in [0.2, 0.25) is 0 Å². The van der Waals surface area contributed by atoms with Gasteiger partial charge >= 0.3 is 6.09 Å². The first-order valence-electron chi connectivity index (χ1n) is 7.11. The fourth-order valence-electron chi connectivity index (χ4n) is 2.18. The summed E-state index contributed by atoms with van der Waals surface area (Å²) in [5.74, 6) is 0.901. The Balaban J connectivity index is 0.00000220. The minimum atomic E-state index is -0.201. The van der Waals surface area contributed by atoms with Gasteiger partial charge in [-0.2, -0.15) is 0 Å². The van der Waals surface area contributed by atoms with Gasteiger partial charge in [0.05, 0.1) is 6.61 Å². The zero-order chi connectivity index (χ0) is 14.2. The van der Waals surface area contributed by atoms with Gasteiger partial charge in [0.15, 0.2) is 0 Å². The number of benzene rings is 1. The van der Waals surface area contributed by atoms with Gasteiger partial charge in [-0.15, -0.1) is 12.4 Å². The molecule has 1 aliphatic heterocycles. The summed E-state index contributed by atoms with van der Waals surface area (Å²) in [5.41, 5.74) is 0. The fraction of sp³-hybridized carbons (Fsp3) is 0.533. The maximum atomic E-state index is 11.6. The molecule has 0 saturated carbocycles. The Morgan fingerprint density at radius 1 is 1.14 bits per heavy atom. The summed E-state index contributed by atoms with van der Waals surface area (Å²) in [7, 11) is 0. The van der Waals surface area contributed by atoms with Gasteiger partial charge in [-0.1, -0.05) is 18.2 Å². The van der Waals surface area contributed by atoms with E-state index in [0.717, 1.165) is 38.5 Å². The van der Waals surface area contributed by atoms with Gasteiger partial charge in [0.1, 0.15) is 12.4 Å². The van der Waals surface area contributed by atoms with E-state index in [1.54, 1.807) is 4.90 Å². The monoisotopic (exact) mass is 314 g/mol. The van der Waals surface area contributed by atoms with Crippen molar-refractivity contribution in [1.29, 1.82) is 0 Å². The van der Waals surface area contributed by atoms with Crippen molar-refractivity contribution in [2.24, 2.45) is 0 Å². The minimum Gasteiger partial charge on any atom is -0.492 e. The minimum absolute atomic E-state index is 0. The Kier molecular flexibility index (Phi) is 7.93. The molecule has 2 rings (SSSR count). The SMILES string of the molecule is CCOC(=O)N1CCN(CCOc2ccccc2)CC1.Cl. The highest BCUT2D eigenvalue weighted by Crippen LogP contribution is 2.09. The van der Waals surface area contributed by atoms with Gasteiger partial charge in [0.25, 0.3) is 0 Å². The summed E-state index contributed by atoms with van der Waals surface area (Å²) < 4.78 is 10.7. The van der Waals surface area contributed by atoms with Crippen molar-refractivity contribution in [3.63, 3.8) is 0 Å². The maximum absolute atomic E-state index is 11.6. The molecule has 1 aromatic rings. The predicted octanol–water partition coefficient (Wildman–Crippen LogP) is 2.26. The van der Waals surface area contributed by atoms with E-state index in [0.29, 0.717) is 13.2 Å². The molecule has 0 N–H and O–H groups in total. The number of nitrogens with zero attached hydrogens (tertiary/aromatic N) is 2. The standard InChI is InChI=1S/C15H22N2O3.ClH/c1-2-19-15(18)17-10-8-16(9-11-17)12-13-20-14-6-4-3-5-7-14;/h3-7H,2,8-13H2,1H3;1H. The molecule has 0 bridgehead atoms. The molecule has 0 atom stereocenters. The van der Waals surface area contributed by atoms with Crippen LogP contribution >= 0.6 is 12.4 Å². The first-order chi connectivity index (χ1) is 9.79. The van der Waals surface area contributed by atoms with Crippen LogP contribution < -0.4 is 4.74 Å². The molecule has 6 heteroatoms. The van der Waals surface area contributed by atoms with Crippen LogP contribution in [-0.2, 0) is 4.74 Å². The van der Waals surface area contributed by atoms with Gasteiger partial charge in [-0.3, -0.25) is 4.90 Å². The van der Waals surface area contributed by atoms with E-state index >= 15 is 0 Å². The number of carbonyl (C=O) groups is 1. The number of para-hydroxylation sites is 1. The third-order valence-corrected chi connectivity index (χ3v) is 3.32. The first-order valence-corrected chi connectivity index (χ1v) is 7.11. The zero-order valence-electron chi connectivity index (χ0n) is 12.4. The molecule has 0 unspecified atom stereocenters. The average Bonchev–Trinajstić information content (AvgIpc) is 2.49. The first kappa shape index (κ1) is 17.6. The highest BCUT2D eigenvalue weighted by atomic mass is 35.5. The van der Waals surface area contributed by atoms with Crippen molar-refractivity contribution >= 4 is 18.5 Å². The van der Waals surface area contributed by atoms with Crippen LogP contribution in [0.1, 0.15) is 6.92 Å². The third-order valence-electron chi connectivity index (χ3n) is 3.32. The predicted molar refractivity (Wildman–Crippen MR) is 84.2 cm³/mol. The molecule has 5 nitrogen and oxygen atoms in total. The molecule has 1 amide bonds.